The van der Waals surface area contributed by atoms with E-state index in [2.05, 4.69) is 39.0 Å². The maximum atomic E-state index is 5.31. The molecule has 156 valence electrons. The molecule has 4 rings (SSSR count). The molecule has 0 saturated carbocycles. The fraction of sp³-hybridized carbons (Fsp3) is 0.120. The van der Waals surface area contributed by atoms with Crippen LogP contribution in [0.2, 0.25) is 0 Å². The molecule has 0 bridgehead atoms. The Bertz CT molecular complexity index is 1140. The summed E-state index contributed by atoms with van der Waals surface area (Å²) in [5.41, 5.74) is 3.13. The van der Waals surface area contributed by atoms with E-state index in [1.807, 2.05) is 66.7 Å². The van der Waals surface area contributed by atoms with E-state index in [0.29, 0.717) is 0 Å². The average Bonchev–Trinajstić information content (AvgIpc) is 3.26. The van der Waals surface area contributed by atoms with Crippen LogP contribution in [0.5, 0.6) is 11.5 Å². The molecule has 0 radical (unpaired) electrons. The van der Waals surface area contributed by atoms with Gasteiger partial charge in [0.2, 0.25) is 0 Å². The molecule has 31 heavy (non-hydrogen) atoms. The van der Waals surface area contributed by atoms with Gasteiger partial charge in [-0.1, -0.05) is 54.2 Å². The molecule has 6 heteroatoms. The van der Waals surface area contributed by atoms with E-state index in [9.17, 15) is 0 Å². The van der Waals surface area contributed by atoms with Crippen molar-refractivity contribution in [2.24, 2.45) is 0 Å². The summed E-state index contributed by atoms with van der Waals surface area (Å²) in [6.07, 6.45) is 4.26. The first-order valence-corrected chi connectivity index (χ1v) is 10.9. The Morgan fingerprint density at radius 3 is 2.10 bits per heavy atom. The van der Waals surface area contributed by atoms with Gasteiger partial charge in [-0.05, 0) is 54.1 Å². The zero-order chi connectivity index (χ0) is 21.5. The third-order valence-corrected chi connectivity index (χ3v) is 5.61. The van der Waals surface area contributed by atoms with Gasteiger partial charge >= 0.3 is 0 Å². The number of nitrogens with zero attached hydrogens (tertiary/aromatic N) is 3. The van der Waals surface area contributed by atoms with Crippen molar-refractivity contribution < 1.29 is 9.47 Å². The Morgan fingerprint density at radius 1 is 0.806 bits per heavy atom. The van der Waals surface area contributed by atoms with Gasteiger partial charge in [-0.25, -0.2) is 0 Å². The zero-order valence-electron chi connectivity index (χ0n) is 17.4. The van der Waals surface area contributed by atoms with Crippen molar-refractivity contribution in [2.75, 3.05) is 20.0 Å². The minimum Gasteiger partial charge on any atom is -0.497 e. The van der Waals surface area contributed by atoms with Crippen molar-refractivity contribution in [1.82, 2.24) is 14.8 Å². The number of ether oxygens (including phenoxy) is 2. The lowest BCUT2D eigenvalue weighted by atomic mass is 10.2. The van der Waals surface area contributed by atoms with Crippen molar-refractivity contribution >= 4 is 17.8 Å². The van der Waals surface area contributed by atoms with Crippen LogP contribution in [0.4, 0.5) is 0 Å². The van der Waals surface area contributed by atoms with Crippen LogP contribution >= 0.6 is 11.8 Å². The summed E-state index contributed by atoms with van der Waals surface area (Å²) in [4.78, 5) is 0. The second-order valence-corrected chi connectivity index (χ2v) is 7.68. The molecule has 0 atom stereocenters. The second kappa shape index (κ2) is 10.00. The Kier molecular flexibility index (Phi) is 6.69. The smallest absolute Gasteiger partial charge is 0.196 e. The van der Waals surface area contributed by atoms with Gasteiger partial charge in [-0.15, -0.1) is 10.2 Å². The SMILES string of the molecule is COc1ccc(-c2nnc(SC/C=C/c3ccccc3)n2-c2ccc(OC)cc2)cc1. The van der Waals surface area contributed by atoms with Gasteiger partial charge in [0.1, 0.15) is 11.5 Å². The Morgan fingerprint density at radius 2 is 1.45 bits per heavy atom. The van der Waals surface area contributed by atoms with Crippen LogP contribution in [0.1, 0.15) is 5.56 Å². The van der Waals surface area contributed by atoms with Crippen LogP contribution in [-0.4, -0.2) is 34.7 Å². The number of hydrogen-bond donors (Lipinski definition) is 0. The van der Waals surface area contributed by atoms with E-state index in [0.717, 1.165) is 39.5 Å². The monoisotopic (exact) mass is 429 g/mol. The van der Waals surface area contributed by atoms with Crippen LogP contribution < -0.4 is 9.47 Å². The van der Waals surface area contributed by atoms with Crippen LogP contribution in [0.3, 0.4) is 0 Å². The third-order valence-electron chi connectivity index (χ3n) is 4.73. The fourth-order valence-electron chi connectivity index (χ4n) is 3.13. The highest BCUT2D eigenvalue weighted by molar-refractivity contribution is 7.99. The molecule has 5 nitrogen and oxygen atoms in total. The zero-order valence-corrected chi connectivity index (χ0v) is 18.3. The number of thioether (sulfide) groups is 1. The molecule has 0 aliphatic heterocycles. The minimum absolute atomic E-state index is 0.780. The van der Waals surface area contributed by atoms with Crippen LogP contribution in [0.25, 0.3) is 23.2 Å². The number of hydrogen-bond acceptors (Lipinski definition) is 5. The predicted molar refractivity (Wildman–Crippen MR) is 126 cm³/mol. The Labute approximate surface area is 186 Å². The van der Waals surface area contributed by atoms with E-state index < -0.39 is 0 Å². The van der Waals surface area contributed by atoms with Gasteiger partial charge < -0.3 is 9.47 Å². The molecule has 0 N–H and O–H groups in total. The molecule has 0 saturated heterocycles. The molecular formula is C25H23N3O2S. The van der Waals surface area contributed by atoms with Crippen molar-refractivity contribution in [2.45, 2.75) is 5.16 Å². The van der Waals surface area contributed by atoms with E-state index in [4.69, 9.17) is 9.47 Å². The first-order chi connectivity index (χ1) is 15.3. The minimum atomic E-state index is 0.780. The van der Waals surface area contributed by atoms with Gasteiger partial charge in [-0.3, -0.25) is 4.57 Å². The summed E-state index contributed by atoms with van der Waals surface area (Å²) < 4.78 is 12.7. The molecular weight excluding hydrogens is 406 g/mol. The standard InChI is InChI=1S/C25H23N3O2S/c1-29-22-14-10-20(11-15-22)24-26-27-25(28(24)21-12-16-23(30-2)17-13-21)31-18-6-9-19-7-4-3-5-8-19/h3-17H,18H2,1-2H3/b9-6+. The number of methoxy groups -OCH3 is 2. The maximum Gasteiger partial charge on any atom is 0.196 e. The quantitative estimate of drug-likeness (QED) is 0.334. The molecule has 0 aliphatic rings. The van der Waals surface area contributed by atoms with E-state index >= 15 is 0 Å². The van der Waals surface area contributed by atoms with E-state index in [-0.39, 0.29) is 0 Å². The maximum absolute atomic E-state index is 5.31. The fourth-order valence-corrected chi connectivity index (χ4v) is 3.89. The van der Waals surface area contributed by atoms with Crippen molar-refractivity contribution in [1.29, 1.82) is 0 Å². The molecule has 0 fully saturated rings. The lowest BCUT2D eigenvalue weighted by Gasteiger charge is -2.11. The molecule has 0 amide bonds. The Hall–Kier alpha value is -3.51. The highest BCUT2D eigenvalue weighted by atomic mass is 32.2. The second-order valence-electron chi connectivity index (χ2n) is 6.69. The van der Waals surface area contributed by atoms with Gasteiger partial charge in [0.15, 0.2) is 11.0 Å². The van der Waals surface area contributed by atoms with Crippen LogP contribution in [-0.2, 0) is 0 Å². The van der Waals surface area contributed by atoms with Crippen molar-refractivity contribution in [3.8, 4) is 28.6 Å². The molecule has 0 aliphatic carbocycles. The average molecular weight is 430 g/mol. The lowest BCUT2D eigenvalue weighted by Crippen LogP contribution is -2.00. The molecule has 1 heterocycles. The highest BCUT2D eigenvalue weighted by Gasteiger charge is 2.16. The van der Waals surface area contributed by atoms with Crippen LogP contribution in [0, 0.1) is 0 Å². The normalized spacial score (nSPS) is 11.0. The largest absolute Gasteiger partial charge is 0.497 e. The van der Waals surface area contributed by atoms with Crippen LogP contribution in [0.15, 0.2) is 90.1 Å². The Balaban J connectivity index is 1.63. The summed E-state index contributed by atoms with van der Waals surface area (Å²) in [7, 11) is 3.32. The van der Waals surface area contributed by atoms with Gasteiger partial charge in [-0.2, -0.15) is 0 Å². The first-order valence-electron chi connectivity index (χ1n) is 9.87. The molecule has 4 aromatic rings. The van der Waals surface area contributed by atoms with Crippen molar-refractivity contribution in [3.05, 3.63) is 90.5 Å². The van der Waals surface area contributed by atoms with E-state index in [1.54, 1.807) is 26.0 Å². The summed E-state index contributed by atoms with van der Waals surface area (Å²) >= 11 is 1.64. The van der Waals surface area contributed by atoms with Gasteiger partial charge in [0, 0.05) is 17.0 Å². The van der Waals surface area contributed by atoms with Crippen molar-refractivity contribution in [3.63, 3.8) is 0 Å². The summed E-state index contributed by atoms with van der Waals surface area (Å²) in [6.45, 7) is 0. The number of benzene rings is 3. The molecule has 0 spiro atoms. The van der Waals surface area contributed by atoms with E-state index in [1.165, 1.54) is 5.56 Å². The molecule has 0 unspecified atom stereocenters. The molecule has 1 aromatic heterocycles. The number of rotatable bonds is 8. The molecule has 3 aromatic carbocycles. The summed E-state index contributed by atoms with van der Waals surface area (Å²) in [5.74, 6) is 3.18. The number of aromatic nitrogens is 3. The third kappa shape index (κ3) is 4.98. The highest BCUT2D eigenvalue weighted by Crippen LogP contribution is 2.30. The summed E-state index contributed by atoms with van der Waals surface area (Å²) in [5, 5.41) is 9.80. The topological polar surface area (TPSA) is 49.2 Å². The van der Waals surface area contributed by atoms with Gasteiger partial charge in [0.05, 0.1) is 14.2 Å². The first kappa shape index (κ1) is 20.8. The van der Waals surface area contributed by atoms with Gasteiger partial charge in [0.25, 0.3) is 0 Å². The summed E-state index contributed by atoms with van der Waals surface area (Å²) in [6, 6.07) is 26.0. The predicted octanol–water partition coefficient (Wildman–Crippen LogP) is 5.76. The lowest BCUT2D eigenvalue weighted by molar-refractivity contribution is 0.414.